The molecule has 2 aliphatic rings. The number of piperazine rings is 1. The van der Waals surface area contributed by atoms with Crippen molar-refractivity contribution in [2.75, 3.05) is 57.9 Å². The van der Waals surface area contributed by atoms with E-state index < -0.39 is 6.10 Å². The summed E-state index contributed by atoms with van der Waals surface area (Å²) in [5.41, 5.74) is 1.25. The second-order valence-corrected chi connectivity index (χ2v) is 6.53. The SMILES string of the molecule is COCCC(=O)N1C[C@@H](O)[C@H](N2CCN(c3ccccc3)CC2)C1. The minimum atomic E-state index is -0.459. The molecule has 1 aromatic rings. The number of hydrogen-bond donors (Lipinski definition) is 1. The number of hydrogen-bond acceptors (Lipinski definition) is 5. The van der Waals surface area contributed by atoms with E-state index in [1.807, 2.05) is 6.07 Å². The van der Waals surface area contributed by atoms with E-state index in [4.69, 9.17) is 4.74 Å². The fourth-order valence-corrected chi connectivity index (χ4v) is 3.63. The molecule has 0 bridgehead atoms. The fourth-order valence-electron chi connectivity index (χ4n) is 3.63. The van der Waals surface area contributed by atoms with Crippen LogP contribution in [0.3, 0.4) is 0 Å². The molecule has 0 unspecified atom stereocenters. The summed E-state index contributed by atoms with van der Waals surface area (Å²) in [4.78, 5) is 18.6. The molecule has 2 fully saturated rings. The molecule has 1 aromatic carbocycles. The Balaban J connectivity index is 1.52. The quantitative estimate of drug-likeness (QED) is 0.846. The molecule has 0 radical (unpaired) electrons. The van der Waals surface area contributed by atoms with Gasteiger partial charge in [0.15, 0.2) is 0 Å². The van der Waals surface area contributed by atoms with Crippen LogP contribution < -0.4 is 4.90 Å². The monoisotopic (exact) mass is 333 g/mol. The lowest BCUT2D eigenvalue weighted by molar-refractivity contribution is -0.131. The number of nitrogens with zero attached hydrogens (tertiary/aromatic N) is 3. The minimum absolute atomic E-state index is 0.0504. The predicted molar refractivity (Wildman–Crippen MR) is 93.1 cm³/mol. The summed E-state index contributed by atoms with van der Waals surface area (Å²) < 4.78 is 4.97. The van der Waals surface area contributed by atoms with E-state index in [2.05, 4.69) is 34.1 Å². The number of methoxy groups -OCH3 is 1. The van der Waals surface area contributed by atoms with Gasteiger partial charge in [0.25, 0.3) is 0 Å². The van der Waals surface area contributed by atoms with Gasteiger partial charge in [0.2, 0.25) is 5.91 Å². The molecule has 2 atom stereocenters. The fraction of sp³-hybridized carbons (Fsp3) is 0.611. The van der Waals surface area contributed by atoms with Gasteiger partial charge in [-0.3, -0.25) is 9.69 Å². The number of benzene rings is 1. The Morgan fingerprint density at radius 1 is 1.17 bits per heavy atom. The number of aliphatic hydroxyl groups is 1. The Morgan fingerprint density at radius 2 is 1.88 bits per heavy atom. The molecule has 0 aliphatic carbocycles. The number of anilines is 1. The highest BCUT2D eigenvalue weighted by Crippen LogP contribution is 2.21. The molecule has 2 aliphatic heterocycles. The standard InChI is InChI=1S/C18H27N3O3/c1-24-12-7-18(23)21-13-16(17(22)14-21)20-10-8-19(9-11-20)15-5-3-2-4-6-15/h2-6,16-17,22H,7-14H2,1H3/t16-,17-/m1/s1. The number of β-amino-alcohol motifs (C(OH)–C–C–N with tert-alkyl or cyclic N) is 1. The first-order valence-electron chi connectivity index (χ1n) is 8.68. The second kappa shape index (κ2) is 7.96. The third-order valence-electron chi connectivity index (χ3n) is 5.04. The van der Waals surface area contributed by atoms with Gasteiger partial charge in [0.1, 0.15) is 0 Å². The molecule has 132 valence electrons. The largest absolute Gasteiger partial charge is 0.390 e. The van der Waals surface area contributed by atoms with Crippen molar-refractivity contribution in [3.63, 3.8) is 0 Å². The summed E-state index contributed by atoms with van der Waals surface area (Å²) in [7, 11) is 1.60. The normalized spacial score (nSPS) is 25.2. The first kappa shape index (κ1) is 17.2. The zero-order valence-corrected chi connectivity index (χ0v) is 14.3. The highest BCUT2D eigenvalue weighted by molar-refractivity contribution is 5.76. The highest BCUT2D eigenvalue weighted by atomic mass is 16.5. The van der Waals surface area contributed by atoms with Crippen LogP contribution in [0.15, 0.2) is 30.3 Å². The average Bonchev–Trinajstić information content (AvgIpc) is 3.02. The maximum atomic E-state index is 12.1. The number of aliphatic hydroxyl groups excluding tert-OH is 1. The Hall–Kier alpha value is -1.63. The van der Waals surface area contributed by atoms with Crippen molar-refractivity contribution in [1.82, 2.24) is 9.80 Å². The van der Waals surface area contributed by atoms with Gasteiger partial charge in [-0.25, -0.2) is 0 Å². The molecule has 2 saturated heterocycles. The summed E-state index contributed by atoms with van der Waals surface area (Å²) in [5.74, 6) is 0.0707. The first-order chi connectivity index (χ1) is 11.7. The predicted octanol–water partition coefficient (Wildman–Crippen LogP) is 0.417. The molecule has 6 heteroatoms. The minimum Gasteiger partial charge on any atom is -0.390 e. The molecular weight excluding hydrogens is 306 g/mol. The van der Waals surface area contributed by atoms with Gasteiger partial charge in [-0.05, 0) is 12.1 Å². The van der Waals surface area contributed by atoms with Crippen LogP contribution in [0.1, 0.15) is 6.42 Å². The summed E-state index contributed by atoms with van der Waals surface area (Å²) in [5, 5.41) is 10.4. The van der Waals surface area contributed by atoms with Crippen LogP contribution in [0.4, 0.5) is 5.69 Å². The summed E-state index contributed by atoms with van der Waals surface area (Å²) >= 11 is 0. The maximum absolute atomic E-state index is 12.1. The number of carbonyl (C=O) groups excluding carboxylic acids is 1. The van der Waals surface area contributed by atoms with Crippen molar-refractivity contribution in [1.29, 1.82) is 0 Å². The third-order valence-corrected chi connectivity index (χ3v) is 5.04. The second-order valence-electron chi connectivity index (χ2n) is 6.53. The zero-order valence-electron chi connectivity index (χ0n) is 14.3. The molecule has 0 spiro atoms. The molecule has 0 saturated carbocycles. The van der Waals surface area contributed by atoms with Gasteiger partial charge < -0.3 is 19.6 Å². The van der Waals surface area contributed by atoms with Gasteiger partial charge in [0.05, 0.1) is 25.2 Å². The third kappa shape index (κ3) is 3.88. The zero-order chi connectivity index (χ0) is 16.9. The Kier molecular flexibility index (Phi) is 5.71. The van der Waals surface area contributed by atoms with Crippen molar-refractivity contribution < 1.29 is 14.6 Å². The molecule has 1 amide bonds. The van der Waals surface area contributed by atoms with Crippen LogP contribution in [0, 0.1) is 0 Å². The van der Waals surface area contributed by atoms with Crippen LogP contribution in [-0.2, 0) is 9.53 Å². The van der Waals surface area contributed by atoms with Gasteiger partial charge in [0, 0.05) is 52.1 Å². The summed E-state index contributed by atoms with van der Waals surface area (Å²) in [6.07, 6.45) is -0.0719. The molecule has 3 rings (SSSR count). The van der Waals surface area contributed by atoms with E-state index in [0.29, 0.717) is 26.1 Å². The molecule has 0 aromatic heterocycles. The molecular formula is C18H27N3O3. The van der Waals surface area contributed by atoms with Crippen molar-refractivity contribution >= 4 is 11.6 Å². The smallest absolute Gasteiger partial charge is 0.225 e. The first-order valence-corrected chi connectivity index (χ1v) is 8.68. The van der Waals surface area contributed by atoms with Crippen molar-refractivity contribution in [2.45, 2.75) is 18.6 Å². The van der Waals surface area contributed by atoms with E-state index in [-0.39, 0.29) is 11.9 Å². The van der Waals surface area contributed by atoms with Crippen LogP contribution in [-0.4, -0.2) is 85.9 Å². The lowest BCUT2D eigenvalue weighted by atomic mass is 10.1. The van der Waals surface area contributed by atoms with E-state index in [1.54, 1.807) is 12.0 Å². The van der Waals surface area contributed by atoms with Gasteiger partial charge >= 0.3 is 0 Å². The number of amides is 1. The van der Waals surface area contributed by atoms with Crippen LogP contribution in [0.5, 0.6) is 0 Å². The average molecular weight is 333 g/mol. The Labute approximate surface area is 143 Å². The number of para-hydroxylation sites is 1. The van der Waals surface area contributed by atoms with Crippen LogP contribution >= 0.6 is 0 Å². The maximum Gasteiger partial charge on any atom is 0.225 e. The van der Waals surface area contributed by atoms with E-state index in [0.717, 1.165) is 26.2 Å². The summed E-state index contributed by atoms with van der Waals surface area (Å²) in [6.45, 7) is 5.22. The molecule has 24 heavy (non-hydrogen) atoms. The van der Waals surface area contributed by atoms with Gasteiger partial charge in [-0.15, -0.1) is 0 Å². The van der Waals surface area contributed by atoms with Gasteiger partial charge in [-0.2, -0.15) is 0 Å². The number of ether oxygens (including phenoxy) is 1. The van der Waals surface area contributed by atoms with Crippen molar-refractivity contribution in [3.05, 3.63) is 30.3 Å². The summed E-state index contributed by atoms with van der Waals surface area (Å²) in [6, 6.07) is 10.5. The Morgan fingerprint density at radius 3 is 2.54 bits per heavy atom. The number of carbonyl (C=O) groups is 1. The number of likely N-dealkylation sites (tertiary alicyclic amines) is 1. The van der Waals surface area contributed by atoms with E-state index in [1.165, 1.54) is 5.69 Å². The number of rotatable bonds is 5. The lowest BCUT2D eigenvalue weighted by Gasteiger charge is -2.39. The topological polar surface area (TPSA) is 56.2 Å². The van der Waals surface area contributed by atoms with Crippen molar-refractivity contribution in [2.24, 2.45) is 0 Å². The lowest BCUT2D eigenvalue weighted by Crippen LogP contribution is -2.53. The van der Waals surface area contributed by atoms with E-state index in [9.17, 15) is 9.90 Å². The van der Waals surface area contributed by atoms with Crippen molar-refractivity contribution in [3.8, 4) is 0 Å². The van der Waals surface area contributed by atoms with Crippen LogP contribution in [0.25, 0.3) is 0 Å². The molecule has 1 N–H and O–H groups in total. The highest BCUT2D eigenvalue weighted by Gasteiger charge is 2.38. The Bertz CT molecular complexity index is 532. The molecule has 6 nitrogen and oxygen atoms in total. The molecule has 2 heterocycles. The van der Waals surface area contributed by atoms with Crippen LogP contribution in [0.2, 0.25) is 0 Å². The van der Waals surface area contributed by atoms with Gasteiger partial charge in [-0.1, -0.05) is 18.2 Å². The van der Waals surface area contributed by atoms with E-state index >= 15 is 0 Å².